The van der Waals surface area contributed by atoms with Crippen LogP contribution in [0.2, 0.25) is 0 Å². The van der Waals surface area contributed by atoms with Crippen LogP contribution in [0.1, 0.15) is 36.3 Å². The van der Waals surface area contributed by atoms with Crippen molar-refractivity contribution in [2.45, 2.75) is 38.3 Å². The summed E-state index contributed by atoms with van der Waals surface area (Å²) < 4.78 is 37.9. The monoisotopic (exact) mass is 240 g/mol. The third kappa shape index (κ3) is 2.90. The lowest BCUT2D eigenvalue weighted by molar-refractivity contribution is -0.0952. The van der Waals surface area contributed by atoms with Crippen LogP contribution in [0.4, 0.5) is 13.2 Å². The Hall–Kier alpha value is -1.25. The van der Waals surface area contributed by atoms with Crippen molar-refractivity contribution >= 4 is 0 Å². The maximum Gasteiger partial charge on any atom is 0.412 e. The SMILES string of the molecule is Cc1ccc(C2C=C(C(F)(F)F)CCC2)cc1. The van der Waals surface area contributed by atoms with Crippen molar-refractivity contribution in [3.8, 4) is 0 Å². The quantitative estimate of drug-likeness (QED) is 0.621. The zero-order chi connectivity index (χ0) is 12.5. The van der Waals surface area contributed by atoms with Gasteiger partial charge in [0, 0.05) is 11.5 Å². The van der Waals surface area contributed by atoms with Gasteiger partial charge in [-0.3, -0.25) is 0 Å². The second-order valence-electron chi connectivity index (χ2n) is 4.60. The van der Waals surface area contributed by atoms with E-state index in [0.29, 0.717) is 6.42 Å². The Bertz CT molecular complexity index is 412. The van der Waals surface area contributed by atoms with E-state index in [1.165, 1.54) is 6.08 Å². The van der Waals surface area contributed by atoms with Crippen LogP contribution < -0.4 is 0 Å². The first kappa shape index (κ1) is 12.2. The van der Waals surface area contributed by atoms with Crippen molar-refractivity contribution in [3.63, 3.8) is 0 Å². The lowest BCUT2D eigenvalue weighted by Crippen LogP contribution is -2.16. The lowest BCUT2D eigenvalue weighted by Gasteiger charge is -2.23. The summed E-state index contributed by atoms with van der Waals surface area (Å²) in [7, 11) is 0. The first-order valence-electron chi connectivity index (χ1n) is 5.81. The predicted octanol–water partition coefficient (Wildman–Crippen LogP) is 4.75. The van der Waals surface area contributed by atoms with Crippen LogP contribution >= 0.6 is 0 Å². The summed E-state index contributed by atoms with van der Waals surface area (Å²) in [5, 5.41) is 0. The van der Waals surface area contributed by atoms with E-state index in [1.54, 1.807) is 0 Å². The maximum atomic E-state index is 12.6. The number of halogens is 3. The van der Waals surface area contributed by atoms with Gasteiger partial charge in [0.25, 0.3) is 0 Å². The molecule has 1 unspecified atom stereocenters. The lowest BCUT2D eigenvalue weighted by atomic mass is 9.85. The fraction of sp³-hybridized carbons (Fsp3) is 0.429. The molecule has 0 fully saturated rings. The average Bonchev–Trinajstić information content (AvgIpc) is 2.29. The molecule has 0 N–H and O–H groups in total. The van der Waals surface area contributed by atoms with Crippen LogP contribution in [0, 0.1) is 6.92 Å². The summed E-state index contributed by atoms with van der Waals surface area (Å²) in [4.78, 5) is 0. The number of hydrogen-bond donors (Lipinski definition) is 0. The molecule has 0 saturated carbocycles. The molecule has 0 saturated heterocycles. The Morgan fingerprint density at radius 1 is 1.12 bits per heavy atom. The van der Waals surface area contributed by atoms with Crippen LogP contribution in [-0.4, -0.2) is 6.18 Å². The Morgan fingerprint density at radius 2 is 1.76 bits per heavy atom. The van der Waals surface area contributed by atoms with E-state index in [0.717, 1.165) is 17.5 Å². The Morgan fingerprint density at radius 3 is 2.35 bits per heavy atom. The molecule has 92 valence electrons. The molecule has 2 rings (SSSR count). The number of allylic oxidation sites excluding steroid dienone is 2. The Labute approximate surface area is 99.2 Å². The zero-order valence-electron chi connectivity index (χ0n) is 9.72. The molecule has 1 aliphatic rings. The number of rotatable bonds is 1. The third-order valence-electron chi connectivity index (χ3n) is 3.23. The molecule has 0 aromatic heterocycles. The van der Waals surface area contributed by atoms with Crippen molar-refractivity contribution in [1.82, 2.24) is 0 Å². The fourth-order valence-corrected chi connectivity index (χ4v) is 2.23. The molecule has 0 bridgehead atoms. The van der Waals surface area contributed by atoms with Crippen LogP contribution in [-0.2, 0) is 0 Å². The van der Waals surface area contributed by atoms with E-state index < -0.39 is 6.18 Å². The van der Waals surface area contributed by atoms with E-state index in [4.69, 9.17) is 0 Å². The maximum absolute atomic E-state index is 12.6. The molecule has 1 atom stereocenters. The van der Waals surface area contributed by atoms with Crippen molar-refractivity contribution < 1.29 is 13.2 Å². The molecule has 1 aliphatic carbocycles. The summed E-state index contributed by atoms with van der Waals surface area (Å²) in [6.45, 7) is 1.97. The molecule has 1 aromatic carbocycles. The van der Waals surface area contributed by atoms with Crippen molar-refractivity contribution in [3.05, 3.63) is 47.0 Å². The topological polar surface area (TPSA) is 0 Å². The highest BCUT2D eigenvalue weighted by Gasteiger charge is 2.35. The largest absolute Gasteiger partial charge is 0.412 e. The van der Waals surface area contributed by atoms with Gasteiger partial charge in [-0.05, 0) is 31.7 Å². The molecule has 0 aliphatic heterocycles. The Kier molecular flexibility index (Phi) is 3.27. The highest BCUT2D eigenvalue weighted by molar-refractivity contribution is 5.30. The minimum absolute atomic E-state index is 0.0824. The van der Waals surface area contributed by atoms with Crippen LogP contribution in [0.25, 0.3) is 0 Å². The minimum atomic E-state index is -4.16. The average molecular weight is 240 g/mol. The predicted molar refractivity (Wildman–Crippen MR) is 61.9 cm³/mol. The summed E-state index contributed by atoms with van der Waals surface area (Å²) in [5.74, 6) is -0.0824. The second-order valence-corrected chi connectivity index (χ2v) is 4.60. The van der Waals surface area contributed by atoms with Gasteiger partial charge in [0.2, 0.25) is 0 Å². The van der Waals surface area contributed by atoms with Gasteiger partial charge in [-0.15, -0.1) is 0 Å². The number of alkyl halides is 3. The van der Waals surface area contributed by atoms with Gasteiger partial charge in [-0.1, -0.05) is 35.9 Å². The van der Waals surface area contributed by atoms with Crippen molar-refractivity contribution in [2.24, 2.45) is 0 Å². The van der Waals surface area contributed by atoms with Gasteiger partial charge in [0.1, 0.15) is 0 Å². The van der Waals surface area contributed by atoms with Crippen LogP contribution in [0.3, 0.4) is 0 Å². The molecule has 3 heteroatoms. The molecular weight excluding hydrogens is 225 g/mol. The summed E-state index contributed by atoms with van der Waals surface area (Å²) >= 11 is 0. The van der Waals surface area contributed by atoms with Crippen LogP contribution in [0.15, 0.2) is 35.9 Å². The molecule has 0 nitrogen and oxygen atoms in total. The van der Waals surface area contributed by atoms with Gasteiger partial charge in [-0.2, -0.15) is 13.2 Å². The third-order valence-corrected chi connectivity index (χ3v) is 3.23. The molecule has 1 aromatic rings. The molecule has 0 amide bonds. The van der Waals surface area contributed by atoms with E-state index in [9.17, 15) is 13.2 Å². The van der Waals surface area contributed by atoms with E-state index in [1.807, 2.05) is 31.2 Å². The van der Waals surface area contributed by atoms with Gasteiger partial charge < -0.3 is 0 Å². The highest BCUT2D eigenvalue weighted by atomic mass is 19.4. The van der Waals surface area contributed by atoms with Gasteiger partial charge in [0.15, 0.2) is 0 Å². The first-order valence-corrected chi connectivity index (χ1v) is 5.81. The van der Waals surface area contributed by atoms with Crippen molar-refractivity contribution in [2.75, 3.05) is 0 Å². The number of hydrogen-bond acceptors (Lipinski definition) is 0. The molecule has 0 spiro atoms. The van der Waals surface area contributed by atoms with E-state index >= 15 is 0 Å². The first-order chi connectivity index (χ1) is 7.97. The second kappa shape index (κ2) is 4.55. The Balaban J connectivity index is 2.25. The number of aryl methyl sites for hydroxylation is 1. The van der Waals surface area contributed by atoms with Gasteiger partial charge in [-0.25, -0.2) is 0 Å². The summed E-state index contributed by atoms with van der Waals surface area (Å²) in [6.07, 6.45) is -1.18. The van der Waals surface area contributed by atoms with Crippen LogP contribution in [0.5, 0.6) is 0 Å². The van der Waals surface area contributed by atoms with Gasteiger partial charge in [0.05, 0.1) is 0 Å². The molecular formula is C14H15F3. The smallest absolute Gasteiger partial charge is 0.166 e. The molecule has 17 heavy (non-hydrogen) atoms. The molecule has 0 radical (unpaired) electrons. The molecule has 0 heterocycles. The summed E-state index contributed by atoms with van der Waals surface area (Å²) in [6, 6.07) is 7.75. The normalized spacial score (nSPS) is 21.2. The number of benzene rings is 1. The minimum Gasteiger partial charge on any atom is -0.166 e. The highest BCUT2D eigenvalue weighted by Crippen LogP contribution is 2.38. The van der Waals surface area contributed by atoms with E-state index in [-0.39, 0.29) is 17.9 Å². The fourth-order valence-electron chi connectivity index (χ4n) is 2.23. The zero-order valence-corrected chi connectivity index (χ0v) is 9.72. The van der Waals surface area contributed by atoms with Gasteiger partial charge >= 0.3 is 6.18 Å². The summed E-state index contributed by atoms with van der Waals surface area (Å²) in [5.41, 5.74) is 1.75. The standard InChI is InChI=1S/C14H15F3/c1-10-5-7-11(8-6-10)12-3-2-4-13(9-12)14(15,16)17/h5-9,12H,2-4H2,1H3. The van der Waals surface area contributed by atoms with Crippen molar-refractivity contribution in [1.29, 1.82) is 0 Å². The van der Waals surface area contributed by atoms with E-state index in [2.05, 4.69) is 0 Å².